The van der Waals surface area contributed by atoms with Gasteiger partial charge in [-0.05, 0) is 0 Å². The summed E-state index contributed by atoms with van der Waals surface area (Å²) in [5, 5.41) is 4.16. The van der Waals surface area contributed by atoms with Crippen molar-refractivity contribution in [2.45, 2.75) is 0 Å². The standard InChI is InChI=1S/H4N2O3S.Na.H/c1-5-6(2,3)4;;/h1H2,(H2,2,3,4);;/q;+1;-1. The minimum Gasteiger partial charge on any atom is -1.00 e. The summed E-state index contributed by atoms with van der Waals surface area (Å²) in [5.74, 6) is 4.09. The van der Waals surface area contributed by atoms with E-state index in [1.54, 1.807) is 0 Å². The van der Waals surface area contributed by atoms with E-state index in [0.717, 1.165) is 0 Å². The molecule has 0 aliphatic rings. The average molecular weight is 136 g/mol. The Hall–Kier alpha value is 0.830. The van der Waals surface area contributed by atoms with E-state index in [-0.39, 0.29) is 31.0 Å². The Bertz CT molecular complexity index is 119. The Morgan fingerprint density at radius 2 is 1.71 bits per heavy atom. The van der Waals surface area contributed by atoms with Crippen LogP contribution in [0.5, 0.6) is 0 Å². The molecule has 0 spiro atoms. The van der Waals surface area contributed by atoms with Crippen molar-refractivity contribution in [1.82, 2.24) is 0 Å². The molecule has 0 aromatic heterocycles. The van der Waals surface area contributed by atoms with Crippen LogP contribution >= 0.6 is 0 Å². The Labute approximate surface area is 65.0 Å². The van der Waals surface area contributed by atoms with Crippen LogP contribution in [0.3, 0.4) is 0 Å². The first-order chi connectivity index (χ1) is 2.56. The normalized spacial score (nSPS) is 10.0. The van der Waals surface area contributed by atoms with Crippen LogP contribution in [-0.2, 0) is 14.6 Å². The van der Waals surface area contributed by atoms with Crippen LogP contribution in [-0.4, -0.2) is 8.42 Å². The van der Waals surface area contributed by atoms with Gasteiger partial charge >= 0.3 is 39.9 Å². The summed E-state index contributed by atoms with van der Waals surface area (Å²) in [6.07, 6.45) is 0. The molecule has 0 heterocycles. The zero-order valence-electron chi connectivity index (χ0n) is 4.79. The number of nitrogens with two attached hydrogens (primary N) is 2. The summed E-state index contributed by atoms with van der Waals surface area (Å²) in [5.41, 5.74) is 0. The maximum Gasteiger partial charge on any atom is 1.00 e. The van der Waals surface area contributed by atoms with Gasteiger partial charge in [-0.3, -0.25) is 0 Å². The molecule has 7 heavy (non-hydrogen) atoms. The molecule has 0 bridgehead atoms. The minimum atomic E-state index is -3.88. The Morgan fingerprint density at radius 1 is 1.57 bits per heavy atom. The first kappa shape index (κ1) is 10.7. The van der Waals surface area contributed by atoms with Crippen molar-refractivity contribution >= 4 is 10.3 Å². The van der Waals surface area contributed by atoms with Crippen LogP contribution in [0.25, 0.3) is 0 Å². The number of rotatable bonds is 1. The summed E-state index contributed by atoms with van der Waals surface area (Å²) < 4.78 is 22.0. The first-order valence-electron chi connectivity index (χ1n) is 0.971. The van der Waals surface area contributed by atoms with Gasteiger partial charge in [0, 0.05) is 0 Å². The topological polar surface area (TPSA) is 95.4 Å². The van der Waals surface area contributed by atoms with Crippen molar-refractivity contribution in [3.63, 3.8) is 0 Å². The largest absolute Gasteiger partial charge is 1.00 e. The van der Waals surface area contributed by atoms with E-state index < -0.39 is 10.3 Å². The SMILES string of the molecule is NOS(N)(=O)=O.[H-].[Na+]. The van der Waals surface area contributed by atoms with Gasteiger partial charge in [0.15, 0.2) is 0 Å². The third-order valence-corrected chi connectivity index (χ3v) is 0.402. The monoisotopic (exact) mass is 136 g/mol. The van der Waals surface area contributed by atoms with E-state index in [0.29, 0.717) is 0 Å². The van der Waals surface area contributed by atoms with Crippen LogP contribution in [0.2, 0.25) is 0 Å². The van der Waals surface area contributed by atoms with Crippen LogP contribution in [0, 0.1) is 0 Å². The van der Waals surface area contributed by atoms with Crippen LogP contribution in [0.15, 0.2) is 0 Å². The van der Waals surface area contributed by atoms with Crippen molar-refractivity contribution < 1.29 is 43.7 Å². The molecule has 0 saturated heterocycles. The van der Waals surface area contributed by atoms with Crippen molar-refractivity contribution in [3.8, 4) is 0 Å². The third kappa shape index (κ3) is 10.9. The molecule has 0 aliphatic heterocycles. The molecule has 5 nitrogen and oxygen atoms in total. The summed E-state index contributed by atoms with van der Waals surface area (Å²) in [6.45, 7) is 0. The molecule has 0 aromatic rings. The fraction of sp³-hybridized carbons (Fsp3) is 0. The van der Waals surface area contributed by atoms with Crippen molar-refractivity contribution in [2.75, 3.05) is 0 Å². The fourth-order valence-corrected chi connectivity index (χ4v) is 0. The molecule has 4 N–H and O–H groups in total. The summed E-state index contributed by atoms with van der Waals surface area (Å²) in [6, 6.07) is 0. The van der Waals surface area contributed by atoms with Crippen molar-refractivity contribution in [2.24, 2.45) is 11.0 Å². The minimum absolute atomic E-state index is 0. The van der Waals surface area contributed by atoms with E-state index in [2.05, 4.69) is 15.3 Å². The first-order valence-corrected chi connectivity index (χ1v) is 2.44. The smallest absolute Gasteiger partial charge is 1.00 e. The molecular formula is H5N2NaO3S. The molecule has 0 saturated carbocycles. The van der Waals surface area contributed by atoms with Gasteiger partial charge in [-0.1, -0.05) is 0 Å². The molecule has 0 aliphatic carbocycles. The average Bonchev–Trinajstić information content (AvgIpc) is 1.35. The second-order valence-electron chi connectivity index (χ2n) is 0.589. The Kier molecular flexibility index (Phi) is 5.81. The molecule has 0 rings (SSSR count). The second kappa shape index (κ2) is 3.79. The van der Waals surface area contributed by atoms with Gasteiger partial charge in [0.2, 0.25) is 0 Å². The van der Waals surface area contributed by atoms with Crippen LogP contribution in [0.1, 0.15) is 1.43 Å². The van der Waals surface area contributed by atoms with E-state index >= 15 is 0 Å². The Balaban J connectivity index is -0.000000125. The summed E-state index contributed by atoms with van der Waals surface area (Å²) in [4.78, 5) is 0. The maximum absolute atomic E-state index is 9.43. The predicted octanol–water partition coefficient (Wildman–Crippen LogP) is -4.80. The molecule has 0 atom stereocenters. The summed E-state index contributed by atoms with van der Waals surface area (Å²) >= 11 is 0. The predicted molar refractivity (Wildman–Crippen MR) is 19.5 cm³/mol. The molecule has 0 unspecified atom stereocenters. The van der Waals surface area contributed by atoms with E-state index in [1.807, 2.05) is 0 Å². The van der Waals surface area contributed by atoms with Gasteiger partial charge in [0.1, 0.15) is 0 Å². The molecule has 0 amide bonds. The summed E-state index contributed by atoms with van der Waals surface area (Å²) in [7, 11) is -3.88. The maximum atomic E-state index is 9.43. The van der Waals surface area contributed by atoms with Gasteiger partial charge in [-0.2, -0.15) is 18.6 Å². The molecular weight excluding hydrogens is 131 g/mol. The van der Waals surface area contributed by atoms with Gasteiger partial charge in [-0.15, -0.1) is 0 Å². The second-order valence-corrected chi connectivity index (χ2v) is 1.77. The van der Waals surface area contributed by atoms with Gasteiger partial charge in [0.05, 0.1) is 0 Å². The van der Waals surface area contributed by atoms with E-state index in [4.69, 9.17) is 0 Å². The Morgan fingerprint density at radius 3 is 1.71 bits per heavy atom. The molecule has 0 fully saturated rings. The quantitative estimate of drug-likeness (QED) is 0.279. The van der Waals surface area contributed by atoms with Gasteiger partial charge < -0.3 is 1.43 Å². The molecule has 7 heteroatoms. The number of hydrogen-bond acceptors (Lipinski definition) is 4. The van der Waals surface area contributed by atoms with Crippen LogP contribution < -0.4 is 40.6 Å². The third-order valence-electron chi connectivity index (χ3n) is 0.134. The van der Waals surface area contributed by atoms with Crippen LogP contribution in [0.4, 0.5) is 0 Å². The van der Waals surface area contributed by atoms with E-state index in [9.17, 15) is 8.42 Å². The van der Waals surface area contributed by atoms with Crippen molar-refractivity contribution in [1.29, 1.82) is 0 Å². The molecule has 0 aromatic carbocycles. The number of hydrogen-bond donors (Lipinski definition) is 2. The van der Waals surface area contributed by atoms with Gasteiger partial charge in [0.25, 0.3) is 0 Å². The molecule has 40 valence electrons. The van der Waals surface area contributed by atoms with E-state index in [1.165, 1.54) is 0 Å². The fourth-order valence-electron chi connectivity index (χ4n) is 0. The zero-order valence-corrected chi connectivity index (χ0v) is 6.60. The zero-order chi connectivity index (χ0) is 5.21. The molecule has 0 radical (unpaired) electrons. The van der Waals surface area contributed by atoms with Gasteiger partial charge in [-0.25, -0.2) is 5.14 Å². The van der Waals surface area contributed by atoms with Crippen molar-refractivity contribution in [3.05, 3.63) is 0 Å².